The average Bonchev–Trinajstić information content (AvgIpc) is 3.01. The summed E-state index contributed by atoms with van der Waals surface area (Å²) in [7, 11) is 0. The predicted octanol–water partition coefficient (Wildman–Crippen LogP) is 3.75. The summed E-state index contributed by atoms with van der Waals surface area (Å²) in [5, 5.41) is 7.53. The summed E-state index contributed by atoms with van der Waals surface area (Å²) in [6.07, 6.45) is 5.15. The van der Waals surface area contributed by atoms with E-state index in [9.17, 15) is 0 Å². The highest BCUT2D eigenvalue weighted by molar-refractivity contribution is 5.61. The van der Waals surface area contributed by atoms with Crippen LogP contribution in [0.4, 0.5) is 0 Å². The van der Waals surface area contributed by atoms with Gasteiger partial charge in [-0.15, -0.1) is 0 Å². The number of H-pyrrole nitrogens is 1. The van der Waals surface area contributed by atoms with Crippen LogP contribution in [0.15, 0.2) is 18.2 Å². The molecule has 0 aliphatic heterocycles. The molecule has 1 heterocycles. The largest absolute Gasteiger partial charge is 0.262 e. The number of aryl methyl sites for hydroxylation is 1. The molecule has 0 amide bonds. The van der Waals surface area contributed by atoms with Crippen molar-refractivity contribution in [2.45, 2.75) is 45.4 Å². The van der Waals surface area contributed by atoms with Crippen LogP contribution in [0.5, 0.6) is 0 Å². The Morgan fingerprint density at radius 3 is 2.72 bits per heavy atom. The zero-order valence-corrected chi connectivity index (χ0v) is 11.0. The van der Waals surface area contributed by atoms with Crippen molar-refractivity contribution in [3.8, 4) is 11.4 Å². The van der Waals surface area contributed by atoms with Crippen LogP contribution in [0.2, 0.25) is 0 Å². The van der Waals surface area contributed by atoms with Crippen molar-refractivity contribution in [3.63, 3.8) is 0 Å². The highest BCUT2D eigenvalue weighted by Gasteiger charge is 2.21. The minimum Gasteiger partial charge on any atom is -0.262 e. The fourth-order valence-electron chi connectivity index (χ4n) is 2.77. The molecule has 1 aliphatic rings. The van der Waals surface area contributed by atoms with Gasteiger partial charge in [0, 0.05) is 11.5 Å². The van der Waals surface area contributed by atoms with E-state index in [1.165, 1.54) is 36.8 Å². The van der Waals surface area contributed by atoms with Gasteiger partial charge in [-0.2, -0.15) is 5.10 Å². The second-order valence-corrected chi connectivity index (χ2v) is 5.27. The lowest BCUT2D eigenvalue weighted by atomic mass is 10.0. The van der Waals surface area contributed by atoms with Gasteiger partial charge < -0.3 is 0 Å². The number of nitrogens with one attached hydrogen (secondary N) is 1. The van der Waals surface area contributed by atoms with Gasteiger partial charge >= 0.3 is 0 Å². The maximum atomic E-state index is 4.70. The Hall–Kier alpha value is -1.64. The first-order valence-corrected chi connectivity index (χ1v) is 6.74. The Kier molecular flexibility index (Phi) is 2.90. The van der Waals surface area contributed by atoms with Crippen LogP contribution in [0.1, 0.15) is 48.6 Å². The minimum absolute atomic E-state index is 0.594. The van der Waals surface area contributed by atoms with Crippen molar-refractivity contribution < 1.29 is 0 Å². The predicted molar refractivity (Wildman–Crippen MR) is 72.5 cm³/mol. The van der Waals surface area contributed by atoms with Crippen molar-refractivity contribution in [2.24, 2.45) is 0 Å². The van der Waals surface area contributed by atoms with E-state index >= 15 is 0 Å². The van der Waals surface area contributed by atoms with E-state index in [1.54, 1.807) is 0 Å². The summed E-state index contributed by atoms with van der Waals surface area (Å²) in [5.74, 6) is 2.51. The molecule has 0 saturated heterocycles. The van der Waals surface area contributed by atoms with Crippen LogP contribution >= 0.6 is 0 Å². The second kappa shape index (κ2) is 4.56. The normalized spacial score (nSPS) is 16.3. The zero-order chi connectivity index (χ0) is 12.5. The quantitative estimate of drug-likeness (QED) is 0.870. The molecule has 1 aromatic carbocycles. The van der Waals surface area contributed by atoms with Crippen LogP contribution < -0.4 is 0 Å². The fraction of sp³-hybridized carbons (Fsp3) is 0.467. The first-order valence-electron chi connectivity index (χ1n) is 6.74. The molecule has 1 saturated carbocycles. The zero-order valence-electron chi connectivity index (χ0n) is 11.0. The Bertz CT molecular complexity index is 551. The number of nitrogens with zero attached hydrogens (tertiary/aromatic N) is 2. The van der Waals surface area contributed by atoms with Crippen molar-refractivity contribution in [3.05, 3.63) is 35.2 Å². The van der Waals surface area contributed by atoms with E-state index in [0.29, 0.717) is 5.92 Å². The maximum Gasteiger partial charge on any atom is 0.181 e. The van der Waals surface area contributed by atoms with Crippen LogP contribution in [-0.2, 0) is 0 Å². The highest BCUT2D eigenvalue weighted by Crippen LogP contribution is 2.33. The fourth-order valence-corrected chi connectivity index (χ4v) is 2.77. The van der Waals surface area contributed by atoms with Crippen LogP contribution in [0, 0.1) is 13.8 Å². The Morgan fingerprint density at radius 2 is 1.94 bits per heavy atom. The summed E-state index contributed by atoms with van der Waals surface area (Å²) in [4.78, 5) is 4.70. The van der Waals surface area contributed by atoms with E-state index < -0.39 is 0 Å². The summed E-state index contributed by atoms with van der Waals surface area (Å²) in [5.41, 5.74) is 3.71. The number of hydrogen-bond donors (Lipinski definition) is 1. The second-order valence-electron chi connectivity index (χ2n) is 5.27. The molecule has 0 bridgehead atoms. The van der Waals surface area contributed by atoms with Gasteiger partial charge in [0.2, 0.25) is 0 Å². The van der Waals surface area contributed by atoms with Crippen LogP contribution in [-0.4, -0.2) is 15.2 Å². The lowest BCUT2D eigenvalue weighted by Crippen LogP contribution is -1.95. The molecule has 1 aromatic heterocycles. The summed E-state index contributed by atoms with van der Waals surface area (Å²) >= 11 is 0. The Morgan fingerprint density at radius 1 is 1.17 bits per heavy atom. The van der Waals surface area contributed by atoms with E-state index in [1.807, 2.05) is 0 Å². The molecule has 18 heavy (non-hydrogen) atoms. The minimum atomic E-state index is 0.594. The monoisotopic (exact) mass is 241 g/mol. The van der Waals surface area contributed by atoms with E-state index in [-0.39, 0.29) is 0 Å². The number of aromatic amines is 1. The molecule has 3 heteroatoms. The van der Waals surface area contributed by atoms with Crippen molar-refractivity contribution in [1.29, 1.82) is 0 Å². The lowest BCUT2D eigenvalue weighted by Gasteiger charge is -2.05. The van der Waals surface area contributed by atoms with Crippen molar-refractivity contribution >= 4 is 0 Å². The topological polar surface area (TPSA) is 41.6 Å². The first kappa shape index (κ1) is 11.5. The van der Waals surface area contributed by atoms with Gasteiger partial charge in [0.15, 0.2) is 5.82 Å². The number of aromatic nitrogens is 3. The molecule has 1 aliphatic carbocycles. The first-order chi connectivity index (χ1) is 8.75. The molecule has 1 fully saturated rings. The number of hydrogen-bond acceptors (Lipinski definition) is 2. The third-order valence-corrected chi connectivity index (χ3v) is 4.09. The van der Waals surface area contributed by atoms with Crippen LogP contribution in [0.25, 0.3) is 11.4 Å². The van der Waals surface area contributed by atoms with Gasteiger partial charge in [0.05, 0.1) is 0 Å². The molecule has 94 valence electrons. The standard InChI is InChI=1S/C15H19N3/c1-10-6-5-9-13(11(10)2)15-16-14(17-18-15)12-7-3-4-8-12/h5-6,9,12H,3-4,7-8H2,1-2H3,(H,16,17,18). The molecular formula is C15H19N3. The van der Waals surface area contributed by atoms with Gasteiger partial charge in [-0.1, -0.05) is 31.0 Å². The molecule has 1 N–H and O–H groups in total. The number of benzene rings is 1. The molecule has 2 aromatic rings. The molecule has 0 unspecified atom stereocenters. The van der Waals surface area contributed by atoms with Crippen molar-refractivity contribution in [2.75, 3.05) is 0 Å². The third kappa shape index (κ3) is 1.94. The van der Waals surface area contributed by atoms with Gasteiger partial charge in [-0.25, -0.2) is 4.98 Å². The molecular weight excluding hydrogens is 222 g/mol. The summed E-state index contributed by atoms with van der Waals surface area (Å²) in [6.45, 7) is 4.26. The smallest absolute Gasteiger partial charge is 0.181 e. The summed E-state index contributed by atoms with van der Waals surface area (Å²) < 4.78 is 0. The molecule has 0 spiro atoms. The Labute approximate surface area is 108 Å². The number of rotatable bonds is 2. The van der Waals surface area contributed by atoms with E-state index in [0.717, 1.165) is 17.2 Å². The van der Waals surface area contributed by atoms with Gasteiger partial charge in [0.1, 0.15) is 5.82 Å². The molecule has 0 atom stereocenters. The SMILES string of the molecule is Cc1cccc(-c2n[nH]c(C3CCCC3)n2)c1C. The Balaban J connectivity index is 1.95. The van der Waals surface area contributed by atoms with Gasteiger partial charge in [-0.3, -0.25) is 5.10 Å². The molecule has 3 nitrogen and oxygen atoms in total. The average molecular weight is 241 g/mol. The van der Waals surface area contributed by atoms with E-state index in [4.69, 9.17) is 4.98 Å². The van der Waals surface area contributed by atoms with E-state index in [2.05, 4.69) is 42.2 Å². The van der Waals surface area contributed by atoms with Gasteiger partial charge in [-0.05, 0) is 37.8 Å². The lowest BCUT2D eigenvalue weighted by molar-refractivity contribution is 0.672. The van der Waals surface area contributed by atoms with Crippen LogP contribution in [0.3, 0.4) is 0 Å². The third-order valence-electron chi connectivity index (χ3n) is 4.09. The van der Waals surface area contributed by atoms with Crippen molar-refractivity contribution in [1.82, 2.24) is 15.2 Å². The molecule has 3 rings (SSSR count). The summed E-state index contributed by atoms with van der Waals surface area (Å²) in [6, 6.07) is 6.30. The highest BCUT2D eigenvalue weighted by atomic mass is 15.2. The molecule has 0 radical (unpaired) electrons. The maximum absolute atomic E-state index is 4.70. The van der Waals surface area contributed by atoms with Gasteiger partial charge in [0.25, 0.3) is 0 Å².